The van der Waals surface area contributed by atoms with E-state index in [4.69, 9.17) is 0 Å². The van der Waals surface area contributed by atoms with Crippen LogP contribution in [0.25, 0.3) is 5.65 Å². The van der Waals surface area contributed by atoms with Crippen molar-refractivity contribution >= 4 is 5.65 Å². The third-order valence-electron chi connectivity index (χ3n) is 5.02. The fraction of sp³-hybridized carbons (Fsp3) is 0.350. The number of fused-ring (bicyclic) bond motifs is 2. The van der Waals surface area contributed by atoms with Crippen molar-refractivity contribution in [1.82, 2.24) is 14.7 Å². The van der Waals surface area contributed by atoms with Gasteiger partial charge >= 0.3 is 0 Å². The summed E-state index contributed by atoms with van der Waals surface area (Å²) >= 11 is 0. The molecule has 1 aliphatic carbocycles. The van der Waals surface area contributed by atoms with Gasteiger partial charge in [0.1, 0.15) is 11.2 Å². The Kier molecular flexibility index (Phi) is 3.87. The highest BCUT2D eigenvalue weighted by Gasteiger charge is 2.33. The SMILES string of the molecule is Cc1ccn2c(CNCC3(O)CCCc4ccccc43)cnc2c1. The second-order valence-corrected chi connectivity index (χ2v) is 6.83. The van der Waals surface area contributed by atoms with Gasteiger partial charge in [-0.2, -0.15) is 0 Å². The number of aryl methyl sites for hydroxylation is 2. The summed E-state index contributed by atoms with van der Waals surface area (Å²) in [6.07, 6.45) is 6.86. The Hall–Kier alpha value is -2.17. The summed E-state index contributed by atoms with van der Waals surface area (Å²) in [5.74, 6) is 0. The molecule has 2 N–H and O–H groups in total. The average molecular weight is 321 g/mol. The number of hydrogen-bond donors (Lipinski definition) is 2. The van der Waals surface area contributed by atoms with E-state index in [-0.39, 0.29) is 0 Å². The molecule has 0 amide bonds. The zero-order chi connectivity index (χ0) is 16.6. The monoisotopic (exact) mass is 321 g/mol. The zero-order valence-corrected chi connectivity index (χ0v) is 14.0. The molecule has 2 heterocycles. The first-order valence-electron chi connectivity index (χ1n) is 8.60. The fourth-order valence-corrected chi connectivity index (χ4v) is 3.74. The number of pyridine rings is 1. The third-order valence-corrected chi connectivity index (χ3v) is 5.02. The maximum atomic E-state index is 11.1. The van der Waals surface area contributed by atoms with Crippen LogP contribution in [-0.4, -0.2) is 21.0 Å². The van der Waals surface area contributed by atoms with E-state index in [1.54, 1.807) is 0 Å². The van der Waals surface area contributed by atoms with Crippen LogP contribution in [0.4, 0.5) is 0 Å². The van der Waals surface area contributed by atoms with E-state index in [0.717, 1.165) is 36.2 Å². The highest BCUT2D eigenvalue weighted by atomic mass is 16.3. The molecule has 0 aliphatic heterocycles. The summed E-state index contributed by atoms with van der Waals surface area (Å²) in [7, 11) is 0. The van der Waals surface area contributed by atoms with E-state index >= 15 is 0 Å². The van der Waals surface area contributed by atoms with Crippen LogP contribution in [0.2, 0.25) is 0 Å². The van der Waals surface area contributed by atoms with Crippen molar-refractivity contribution in [3.63, 3.8) is 0 Å². The van der Waals surface area contributed by atoms with Gasteiger partial charge in [-0.25, -0.2) is 4.98 Å². The molecule has 4 heteroatoms. The lowest BCUT2D eigenvalue weighted by Gasteiger charge is -2.34. The van der Waals surface area contributed by atoms with Crippen molar-refractivity contribution in [3.8, 4) is 0 Å². The van der Waals surface area contributed by atoms with Gasteiger partial charge in [0.15, 0.2) is 0 Å². The number of aliphatic hydroxyl groups is 1. The van der Waals surface area contributed by atoms with E-state index < -0.39 is 5.60 Å². The molecule has 0 radical (unpaired) electrons. The standard InChI is InChI=1S/C20H23N3O/c1-15-8-10-23-17(13-22-19(23)11-15)12-21-14-20(24)9-4-6-16-5-2-3-7-18(16)20/h2-3,5,7-8,10-11,13,21,24H,4,6,9,12,14H2,1H3. The van der Waals surface area contributed by atoms with Crippen molar-refractivity contribution in [1.29, 1.82) is 0 Å². The quantitative estimate of drug-likeness (QED) is 0.777. The van der Waals surface area contributed by atoms with Gasteiger partial charge in [-0.3, -0.25) is 0 Å². The predicted molar refractivity (Wildman–Crippen MR) is 94.9 cm³/mol. The molecule has 1 aliphatic rings. The minimum absolute atomic E-state index is 0.559. The van der Waals surface area contributed by atoms with Gasteiger partial charge in [-0.15, -0.1) is 0 Å². The highest BCUT2D eigenvalue weighted by Crippen LogP contribution is 2.34. The molecular weight excluding hydrogens is 298 g/mol. The molecule has 4 rings (SSSR count). The van der Waals surface area contributed by atoms with Crippen LogP contribution in [0.1, 0.15) is 35.2 Å². The number of nitrogens with one attached hydrogen (secondary N) is 1. The Balaban J connectivity index is 1.49. The van der Waals surface area contributed by atoms with Crippen LogP contribution < -0.4 is 5.32 Å². The Labute approximate surface area is 142 Å². The maximum Gasteiger partial charge on any atom is 0.137 e. The van der Waals surface area contributed by atoms with Gasteiger partial charge in [0.25, 0.3) is 0 Å². The molecular formula is C20H23N3O. The lowest BCUT2D eigenvalue weighted by molar-refractivity contribution is 0.0189. The normalized spacial score (nSPS) is 20.2. The molecule has 0 spiro atoms. The molecule has 0 saturated heterocycles. The van der Waals surface area contributed by atoms with E-state index in [1.807, 2.05) is 12.3 Å². The van der Waals surface area contributed by atoms with E-state index in [9.17, 15) is 5.11 Å². The van der Waals surface area contributed by atoms with Crippen LogP contribution >= 0.6 is 0 Å². The summed E-state index contributed by atoms with van der Waals surface area (Å²) in [6, 6.07) is 12.4. The number of rotatable bonds is 4. The Morgan fingerprint density at radius 3 is 3.08 bits per heavy atom. The zero-order valence-electron chi connectivity index (χ0n) is 14.0. The van der Waals surface area contributed by atoms with Crippen molar-refractivity contribution < 1.29 is 5.11 Å². The van der Waals surface area contributed by atoms with Crippen molar-refractivity contribution in [2.24, 2.45) is 0 Å². The van der Waals surface area contributed by atoms with Crippen molar-refractivity contribution in [2.45, 2.75) is 38.3 Å². The van der Waals surface area contributed by atoms with E-state index in [2.05, 4.69) is 58.2 Å². The number of hydrogen-bond acceptors (Lipinski definition) is 3. The molecule has 1 atom stereocenters. The van der Waals surface area contributed by atoms with E-state index in [0.29, 0.717) is 13.1 Å². The Morgan fingerprint density at radius 2 is 2.17 bits per heavy atom. The van der Waals surface area contributed by atoms with E-state index in [1.165, 1.54) is 11.1 Å². The minimum Gasteiger partial charge on any atom is -0.384 e. The van der Waals surface area contributed by atoms with Gasteiger partial charge in [0.2, 0.25) is 0 Å². The number of benzene rings is 1. The van der Waals surface area contributed by atoms with Gasteiger partial charge in [-0.1, -0.05) is 24.3 Å². The Bertz CT molecular complexity index is 870. The molecule has 3 aromatic rings. The summed E-state index contributed by atoms with van der Waals surface area (Å²) in [6.45, 7) is 3.32. The second kappa shape index (κ2) is 6.04. The molecule has 2 aromatic heterocycles. The first-order chi connectivity index (χ1) is 11.7. The van der Waals surface area contributed by atoms with Crippen molar-refractivity contribution in [2.75, 3.05) is 6.54 Å². The molecule has 4 nitrogen and oxygen atoms in total. The molecule has 1 unspecified atom stereocenters. The van der Waals surface area contributed by atoms with Crippen LogP contribution in [0, 0.1) is 6.92 Å². The fourth-order valence-electron chi connectivity index (χ4n) is 3.74. The topological polar surface area (TPSA) is 49.6 Å². The summed E-state index contributed by atoms with van der Waals surface area (Å²) < 4.78 is 2.10. The van der Waals surface area contributed by atoms with Gasteiger partial charge in [0, 0.05) is 19.3 Å². The first kappa shape index (κ1) is 15.4. The summed E-state index contributed by atoms with van der Waals surface area (Å²) in [5.41, 5.74) is 4.87. The molecule has 0 bridgehead atoms. The molecule has 24 heavy (non-hydrogen) atoms. The Morgan fingerprint density at radius 1 is 1.29 bits per heavy atom. The van der Waals surface area contributed by atoms with Crippen LogP contribution in [0.3, 0.4) is 0 Å². The minimum atomic E-state index is -0.772. The molecule has 124 valence electrons. The predicted octanol–water partition coefficient (Wildman–Crippen LogP) is 2.96. The number of nitrogens with zero attached hydrogens (tertiary/aromatic N) is 2. The van der Waals surface area contributed by atoms with Gasteiger partial charge in [-0.05, 0) is 55.0 Å². The van der Waals surface area contributed by atoms with Crippen LogP contribution in [-0.2, 0) is 18.6 Å². The smallest absolute Gasteiger partial charge is 0.137 e. The average Bonchev–Trinajstić information content (AvgIpc) is 2.97. The van der Waals surface area contributed by atoms with Gasteiger partial charge < -0.3 is 14.8 Å². The van der Waals surface area contributed by atoms with Crippen LogP contribution in [0.15, 0.2) is 48.8 Å². The summed E-state index contributed by atoms with van der Waals surface area (Å²) in [4.78, 5) is 4.46. The molecule has 0 saturated carbocycles. The first-order valence-corrected chi connectivity index (χ1v) is 8.60. The highest BCUT2D eigenvalue weighted by molar-refractivity contribution is 5.43. The molecule has 1 aromatic carbocycles. The van der Waals surface area contributed by atoms with Gasteiger partial charge in [0.05, 0.1) is 11.9 Å². The lowest BCUT2D eigenvalue weighted by atomic mass is 9.79. The summed E-state index contributed by atoms with van der Waals surface area (Å²) in [5, 5.41) is 14.6. The largest absolute Gasteiger partial charge is 0.384 e. The van der Waals surface area contributed by atoms with Crippen molar-refractivity contribution in [3.05, 3.63) is 71.2 Å². The number of imidazole rings is 1. The van der Waals surface area contributed by atoms with Crippen LogP contribution in [0.5, 0.6) is 0 Å². The third kappa shape index (κ3) is 2.72. The lowest BCUT2D eigenvalue weighted by Crippen LogP contribution is -2.40. The molecule has 0 fully saturated rings. The maximum absolute atomic E-state index is 11.1. The second-order valence-electron chi connectivity index (χ2n) is 6.83. The number of aromatic nitrogens is 2.